The van der Waals surface area contributed by atoms with Crippen LogP contribution >= 0.6 is 0 Å². The first-order chi connectivity index (χ1) is 15.6. The second-order valence-electron chi connectivity index (χ2n) is 9.94. The Labute approximate surface area is 195 Å². The number of amides is 2. The van der Waals surface area contributed by atoms with Gasteiger partial charge in [0.1, 0.15) is 5.82 Å². The normalized spacial score (nSPS) is 24.3. The van der Waals surface area contributed by atoms with Crippen LogP contribution in [0.15, 0.2) is 18.2 Å². The number of urea groups is 1. The van der Waals surface area contributed by atoms with Crippen LogP contribution in [0.5, 0.6) is 0 Å². The fourth-order valence-corrected chi connectivity index (χ4v) is 5.48. The minimum Gasteiger partial charge on any atom is -0.383 e. The van der Waals surface area contributed by atoms with Crippen LogP contribution < -0.4 is 10.0 Å². The highest BCUT2D eigenvalue weighted by molar-refractivity contribution is 7.88. The molecule has 0 aromatic heterocycles. The molecule has 2 amide bonds. The van der Waals surface area contributed by atoms with Crippen molar-refractivity contribution in [2.45, 2.75) is 51.1 Å². The maximum atomic E-state index is 15.4. The number of carbonyl (C=O) groups is 1. The van der Waals surface area contributed by atoms with Crippen molar-refractivity contribution in [3.8, 4) is 11.8 Å². The number of ether oxygens (including phenoxy) is 1. The van der Waals surface area contributed by atoms with E-state index in [1.165, 1.54) is 0 Å². The third-order valence-corrected chi connectivity index (χ3v) is 7.70. The number of nitrogens with zero attached hydrogens (tertiary/aromatic N) is 1. The minimum atomic E-state index is -3.51. The lowest BCUT2D eigenvalue weighted by Crippen LogP contribution is -2.51. The third-order valence-electron chi connectivity index (χ3n) is 7.01. The van der Waals surface area contributed by atoms with E-state index >= 15 is 4.39 Å². The first-order valence-electron chi connectivity index (χ1n) is 11.4. The van der Waals surface area contributed by atoms with E-state index in [2.05, 4.69) is 28.8 Å². The van der Waals surface area contributed by atoms with Gasteiger partial charge in [0.15, 0.2) is 0 Å². The average molecular weight is 478 g/mol. The molecule has 2 unspecified atom stereocenters. The highest BCUT2D eigenvalue weighted by atomic mass is 32.2. The van der Waals surface area contributed by atoms with Crippen LogP contribution in [-0.4, -0.2) is 64.5 Å². The fraction of sp³-hybridized carbons (Fsp3) is 0.625. The standard InChI is InChI=1S/C24H32FN3O4S/c1-23(9-10-23)8-7-17-5-4-6-18(20(17)25)15-19-21(27-33(3,30)31)24(11-12-24)16-28(19)22(29)26-13-14-32-2/h4-6,19,21,27H,9-16H2,1-3H3,(H,26,29). The molecule has 2 aliphatic carbocycles. The molecule has 1 aromatic carbocycles. The molecule has 9 heteroatoms. The van der Waals surface area contributed by atoms with E-state index in [4.69, 9.17) is 4.74 Å². The van der Waals surface area contributed by atoms with E-state index in [-0.39, 0.29) is 23.3 Å². The molecule has 7 nitrogen and oxygen atoms in total. The van der Waals surface area contributed by atoms with Crippen molar-refractivity contribution in [1.82, 2.24) is 14.9 Å². The van der Waals surface area contributed by atoms with Crippen molar-refractivity contribution >= 4 is 16.1 Å². The molecule has 4 rings (SSSR count). The zero-order chi connectivity index (χ0) is 23.9. The highest BCUT2D eigenvalue weighted by Crippen LogP contribution is 2.55. The van der Waals surface area contributed by atoms with Gasteiger partial charge >= 0.3 is 6.03 Å². The molecule has 1 aliphatic heterocycles. The molecular formula is C24H32FN3O4S. The minimum absolute atomic E-state index is 0.0200. The van der Waals surface area contributed by atoms with Gasteiger partial charge < -0.3 is 15.0 Å². The van der Waals surface area contributed by atoms with Crippen molar-refractivity contribution < 1.29 is 22.3 Å². The summed E-state index contributed by atoms with van der Waals surface area (Å²) in [5, 5.41) is 2.83. The van der Waals surface area contributed by atoms with Gasteiger partial charge in [-0.25, -0.2) is 22.3 Å². The Kier molecular flexibility index (Phi) is 6.47. The summed E-state index contributed by atoms with van der Waals surface area (Å²) >= 11 is 0. The predicted octanol–water partition coefficient (Wildman–Crippen LogP) is 2.26. The van der Waals surface area contributed by atoms with Gasteiger partial charge in [-0.1, -0.05) is 24.0 Å². The summed E-state index contributed by atoms with van der Waals surface area (Å²) in [4.78, 5) is 14.6. The van der Waals surface area contributed by atoms with E-state index in [9.17, 15) is 13.2 Å². The van der Waals surface area contributed by atoms with Crippen LogP contribution in [0.3, 0.4) is 0 Å². The summed E-state index contributed by atoms with van der Waals surface area (Å²) < 4.78 is 47.5. The maximum absolute atomic E-state index is 15.4. The summed E-state index contributed by atoms with van der Waals surface area (Å²) in [7, 11) is -1.96. The number of benzene rings is 1. The van der Waals surface area contributed by atoms with Crippen molar-refractivity contribution in [2.24, 2.45) is 10.8 Å². The first kappa shape index (κ1) is 24.0. The molecule has 3 fully saturated rings. The fourth-order valence-electron chi connectivity index (χ4n) is 4.61. The van der Waals surface area contributed by atoms with Gasteiger partial charge in [-0.3, -0.25) is 0 Å². The summed E-state index contributed by atoms with van der Waals surface area (Å²) in [6, 6.07) is 3.84. The van der Waals surface area contributed by atoms with Gasteiger partial charge in [-0.2, -0.15) is 0 Å². The van der Waals surface area contributed by atoms with Crippen molar-refractivity contribution in [3.05, 3.63) is 35.1 Å². The monoisotopic (exact) mass is 477 g/mol. The Morgan fingerprint density at radius 1 is 1.30 bits per heavy atom. The molecule has 1 aromatic rings. The number of halogens is 1. The number of methoxy groups -OCH3 is 1. The van der Waals surface area contributed by atoms with E-state index < -0.39 is 27.9 Å². The number of likely N-dealkylation sites (tertiary alicyclic amines) is 1. The molecule has 2 saturated carbocycles. The van der Waals surface area contributed by atoms with Gasteiger partial charge in [-0.15, -0.1) is 0 Å². The van der Waals surface area contributed by atoms with Crippen LogP contribution in [0.4, 0.5) is 9.18 Å². The van der Waals surface area contributed by atoms with E-state index in [0.717, 1.165) is 31.9 Å². The zero-order valence-corrected chi connectivity index (χ0v) is 20.2. The average Bonchev–Trinajstić information content (AvgIpc) is 3.65. The van der Waals surface area contributed by atoms with Crippen LogP contribution in [0.2, 0.25) is 0 Å². The van der Waals surface area contributed by atoms with Gasteiger partial charge in [0, 0.05) is 37.1 Å². The summed E-state index contributed by atoms with van der Waals surface area (Å²) in [6.07, 6.45) is 5.02. The lowest BCUT2D eigenvalue weighted by molar-refractivity contribution is 0.173. The Balaban J connectivity index is 1.62. The van der Waals surface area contributed by atoms with E-state index in [1.54, 1.807) is 30.2 Å². The zero-order valence-electron chi connectivity index (χ0n) is 19.4. The quantitative estimate of drug-likeness (QED) is 0.466. The van der Waals surface area contributed by atoms with Crippen LogP contribution in [0.25, 0.3) is 0 Å². The molecule has 33 heavy (non-hydrogen) atoms. The topological polar surface area (TPSA) is 87.7 Å². The Bertz CT molecular complexity index is 1090. The largest absolute Gasteiger partial charge is 0.383 e. The molecule has 3 aliphatic rings. The molecule has 180 valence electrons. The van der Waals surface area contributed by atoms with Gasteiger partial charge in [0.05, 0.1) is 24.5 Å². The van der Waals surface area contributed by atoms with Crippen LogP contribution in [-0.2, 0) is 21.2 Å². The summed E-state index contributed by atoms with van der Waals surface area (Å²) in [5.74, 6) is 5.75. The van der Waals surface area contributed by atoms with Crippen molar-refractivity contribution in [2.75, 3.05) is 33.1 Å². The molecule has 0 bridgehead atoms. The SMILES string of the molecule is COCCNC(=O)N1CC2(CC2)C(NS(C)(=O)=O)C1Cc1cccc(C#CC2(C)CC2)c1F. The lowest BCUT2D eigenvalue weighted by atomic mass is 9.92. The number of nitrogens with one attached hydrogen (secondary N) is 2. The highest BCUT2D eigenvalue weighted by Gasteiger charge is 2.61. The van der Waals surface area contributed by atoms with Gasteiger partial charge in [-0.05, 0) is 50.7 Å². The maximum Gasteiger partial charge on any atom is 0.317 e. The summed E-state index contributed by atoms with van der Waals surface area (Å²) in [6.45, 7) is 3.21. The number of hydrogen-bond donors (Lipinski definition) is 2. The smallest absolute Gasteiger partial charge is 0.317 e. The lowest BCUT2D eigenvalue weighted by Gasteiger charge is -2.29. The molecule has 2 atom stereocenters. The number of rotatable bonds is 7. The van der Waals surface area contributed by atoms with Crippen molar-refractivity contribution in [1.29, 1.82) is 0 Å². The van der Waals surface area contributed by atoms with Crippen LogP contribution in [0, 0.1) is 28.5 Å². The van der Waals surface area contributed by atoms with E-state index in [1.807, 2.05) is 0 Å². The van der Waals surface area contributed by atoms with Gasteiger partial charge in [0.2, 0.25) is 10.0 Å². The first-order valence-corrected chi connectivity index (χ1v) is 13.3. The second kappa shape index (κ2) is 8.90. The second-order valence-corrected chi connectivity index (χ2v) is 11.7. The third kappa shape index (κ3) is 5.51. The number of sulfonamides is 1. The molecule has 2 N–H and O–H groups in total. The van der Waals surface area contributed by atoms with E-state index in [0.29, 0.717) is 30.8 Å². The molecule has 1 spiro atoms. The van der Waals surface area contributed by atoms with Gasteiger partial charge in [0.25, 0.3) is 0 Å². The Morgan fingerprint density at radius 3 is 2.64 bits per heavy atom. The molecule has 1 heterocycles. The molecular weight excluding hydrogens is 445 g/mol. The predicted molar refractivity (Wildman–Crippen MR) is 124 cm³/mol. The molecule has 1 saturated heterocycles. The van der Waals surface area contributed by atoms with Crippen LogP contribution in [0.1, 0.15) is 43.7 Å². The van der Waals surface area contributed by atoms with Crippen molar-refractivity contribution in [3.63, 3.8) is 0 Å². The Morgan fingerprint density at radius 2 is 2.03 bits per heavy atom. The Hall–Kier alpha value is -2.15. The number of carbonyl (C=O) groups excluding carboxylic acids is 1. The number of hydrogen-bond acceptors (Lipinski definition) is 4. The molecule has 0 radical (unpaired) electrons. The summed E-state index contributed by atoms with van der Waals surface area (Å²) in [5.41, 5.74) is 0.443.